The number of hydrogen-bond acceptors (Lipinski definition) is 5. The Morgan fingerprint density at radius 3 is 2.53 bits per heavy atom. The van der Waals surface area contributed by atoms with E-state index in [4.69, 9.17) is 9.47 Å². The molecule has 2 heterocycles. The van der Waals surface area contributed by atoms with Gasteiger partial charge in [-0.05, 0) is 47.7 Å². The second kappa shape index (κ2) is 11.4. The number of carbonyl (C=O) groups excluding carboxylic acids is 1. The van der Waals surface area contributed by atoms with Gasteiger partial charge in [0.15, 0.2) is 11.5 Å². The number of amides is 1. The number of carbonyl (C=O) groups is 1. The topological polar surface area (TPSA) is 62.8 Å². The van der Waals surface area contributed by atoms with Gasteiger partial charge in [0, 0.05) is 32.2 Å². The van der Waals surface area contributed by atoms with Gasteiger partial charge in [0.1, 0.15) is 0 Å². The summed E-state index contributed by atoms with van der Waals surface area (Å²) in [5, 5.41) is 6.44. The van der Waals surface area contributed by atoms with Gasteiger partial charge in [-0.2, -0.15) is 13.2 Å². The molecule has 0 spiro atoms. The highest BCUT2D eigenvalue weighted by Gasteiger charge is 2.36. The molecule has 0 saturated carbocycles. The molecule has 6 nitrogen and oxygen atoms in total. The van der Waals surface area contributed by atoms with Crippen LogP contribution in [-0.4, -0.2) is 42.8 Å². The van der Waals surface area contributed by atoms with E-state index in [9.17, 15) is 18.0 Å². The van der Waals surface area contributed by atoms with Crippen molar-refractivity contribution in [3.05, 3.63) is 95.1 Å². The number of halogens is 3. The molecule has 1 amide bonds. The Bertz CT molecular complexity index is 1250. The van der Waals surface area contributed by atoms with Crippen LogP contribution in [0.25, 0.3) is 0 Å². The van der Waals surface area contributed by atoms with Gasteiger partial charge in [-0.1, -0.05) is 54.6 Å². The summed E-state index contributed by atoms with van der Waals surface area (Å²) in [4.78, 5) is 15.4. The molecule has 3 aromatic rings. The van der Waals surface area contributed by atoms with E-state index in [1.807, 2.05) is 48.5 Å². The molecule has 2 aliphatic heterocycles. The second-order valence-electron chi connectivity index (χ2n) is 9.67. The normalized spacial score (nSPS) is 19.0. The number of alkyl halides is 3. The third-order valence-electron chi connectivity index (χ3n) is 6.93. The van der Waals surface area contributed by atoms with Gasteiger partial charge in [0.2, 0.25) is 12.7 Å². The van der Waals surface area contributed by atoms with Crippen molar-refractivity contribution in [3.8, 4) is 11.5 Å². The molecule has 38 heavy (non-hydrogen) atoms. The first-order chi connectivity index (χ1) is 18.3. The molecule has 0 aromatic heterocycles. The first-order valence-corrected chi connectivity index (χ1v) is 12.7. The lowest BCUT2D eigenvalue weighted by Crippen LogP contribution is -2.43. The van der Waals surface area contributed by atoms with E-state index in [-0.39, 0.29) is 24.8 Å². The summed E-state index contributed by atoms with van der Waals surface area (Å²) in [5.74, 6) is 1.39. The molecule has 1 fully saturated rings. The molecule has 200 valence electrons. The number of fused-ring (bicyclic) bond motifs is 1. The van der Waals surface area contributed by atoms with Crippen molar-refractivity contribution in [1.82, 2.24) is 15.5 Å². The number of hydrogen-bond donors (Lipinski definition) is 2. The van der Waals surface area contributed by atoms with Gasteiger partial charge >= 0.3 is 6.18 Å². The number of nitrogens with zero attached hydrogens (tertiary/aromatic N) is 1. The van der Waals surface area contributed by atoms with Gasteiger partial charge in [0.25, 0.3) is 0 Å². The van der Waals surface area contributed by atoms with Crippen LogP contribution in [0, 0.1) is 0 Å². The minimum absolute atomic E-state index is 0.0298. The summed E-state index contributed by atoms with van der Waals surface area (Å²) in [6.07, 6.45) is -3.15. The third kappa shape index (κ3) is 6.46. The van der Waals surface area contributed by atoms with E-state index in [0.29, 0.717) is 50.3 Å². The Labute approximate surface area is 219 Å². The van der Waals surface area contributed by atoms with Crippen molar-refractivity contribution in [2.75, 3.05) is 19.9 Å². The van der Waals surface area contributed by atoms with E-state index >= 15 is 0 Å². The Balaban J connectivity index is 1.20. The summed E-state index contributed by atoms with van der Waals surface area (Å²) in [5.41, 5.74) is 2.05. The van der Waals surface area contributed by atoms with Crippen molar-refractivity contribution < 1.29 is 27.4 Å². The van der Waals surface area contributed by atoms with E-state index in [1.165, 1.54) is 12.1 Å². The lowest BCUT2D eigenvalue weighted by molar-refractivity contribution is -0.137. The monoisotopic (exact) mass is 525 g/mol. The maximum Gasteiger partial charge on any atom is 0.416 e. The fourth-order valence-electron chi connectivity index (χ4n) is 4.98. The second-order valence-corrected chi connectivity index (χ2v) is 9.67. The van der Waals surface area contributed by atoms with E-state index in [2.05, 4.69) is 15.5 Å². The number of ether oxygens (including phenoxy) is 2. The first-order valence-electron chi connectivity index (χ1n) is 12.7. The number of benzene rings is 3. The summed E-state index contributed by atoms with van der Waals surface area (Å²) in [6.45, 7) is 2.23. The van der Waals surface area contributed by atoms with Gasteiger partial charge in [0.05, 0.1) is 11.6 Å². The fraction of sp³-hybridized carbons (Fsp3) is 0.345. The molecule has 0 radical (unpaired) electrons. The molecule has 9 heteroatoms. The van der Waals surface area contributed by atoms with E-state index in [1.54, 1.807) is 6.07 Å². The predicted molar refractivity (Wildman–Crippen MR) is 137 cm³/mol. The summed E-state index contributed by atoms with van der Waals surface area (Å²) >= 11 is 0. The van der Waals surface area contributed by atoms with Crippen LogP contribution in [0.5, 0.6) is 11.5 Å². The SMILES string of the molecule is O=C(NCCc1ccc2c(c1)OCO2)[C@@H]1C[C@H](NCc2cccc(C(F)(F)F)c2)CN1Cc1ccccc1. The highest BCUT2D eigenvalue weighted by Crippen LogP contribution is 2.32. The minimum Gasteiger partial charge on any atom is -0.454 e. The highest BCUT2D eigenvalue weighted by molar-refractivity contribution is 5.82. The van der Waals surface area contributed by atoms with Crippen LogP contribution in [0.1, 0.15) is 28.7 Å². The maximum absolute atomic E-state index is 13.2. The van der Waals surface area contributed by atoms with Gasteiger partial charge < -0.3 is 20.1 Å². The van der Waals surface area contributed by atoms with Crippen LogP contribution < -0.4 is 20.1 Å². The van der Waals surface area contributed by atoms with Crippen LogP contribution in [0.3, 0.4) is 0 Å². The molecule has 2 atom stereocenters. The molecule has 0 unspecified atom stereocenters. The largest absolute Gasteiger partial charge is 0.454 e. The molecule has 5 rings (SSSR count). The lowest BCUT2D eigenvalue weighted by atomic mass is 10.1. The van der Waals surface area contributed by atoms with Crippen molar-refractivity contribution in [2.24, 2.45) is 0 Å². The maximum atomic E-state index is 13.2. The Morgan fingerprint density at radius 2 is 1.71 bits per heavy atom. The molecular formula is C29H30F3N3O3. The minimum atomic E-state index is -4.38. The van der Waals surface area contributed by atoms with Crippen LogP contribution in [0.4, 0.5) is 13.2 Å². The van der Waals surface area contributed by atoms with Gasteiger partial charge in [-0.25, -0.2) is 0 Å². The molecule has 2 aliphatic rings. The molecular weight excluding hydrogens is 495 g/mol. The summed E-state index contributed by atoms with van der Waals surface area (Å²) < 4.78 is 50.1. The average molecular weight is 526 g/mol. The summed E-state index contributed by atoms with van der Waals surface area (Å²) in [6, 6.07) is 20.7. The van der Waals surface area contributed by atoms with Crippen molar-refractivity contribution in [2.45, 2.75) is 44.2 Å². The van der Waals surface area contributed by atoms with Crippen molar-refractivity contribution in [3.63, 3.8) is 0 Å². The van der Waals surface area contributed by atoms with Crippen LogP contribution >= 0.6 is 0 Å². The fourth-order valence-corrected chi connectivity index (χ4v) is 4.98. The van der Waals surface area contributed by atoms with Crippen molar-refractivity contribution in [1.29, 1.82) is 0 Å². The number of nitrogens with one attached hydrogen (secondary N) is 2. The Hall–Kier alpha value is -3.56. The number of rotatable bonds is 9. The van der Waals surface area contributed by atoms with Crippen LogP contribution in [0.2, 0.25) is 0 Å². The Morgan fingerprint density at radius 1 is 0.921 bits per heavy atom. The average Bonchev–Trinajstić information content (AvgIpc) is 3.54. The Kier molecular flexibility index (Phi) is 7.85. The van der Waals surface area contributed by atoms with Crippen molar-refractivity contribution >= 4 is 5.91 Å². The quantitative estimate of drug-likeness (QED) is 0.430. The van der Waals surface area contributed by atoms with E-state index < -0.39 is 11.7 Å². The number of likely N-dealkylation sites (tertiary alicyclic amines) is 1. The third-order valence-corrected chi connectivity index (χ3v) is 6.93. The van der Waals surface area contributed by atoms with E-state index in [0.717, 1.165) is 22.9 Å². The highest BCUT2D eigenvalue weighted by atomic mass is 19.4. The van der Waals surface area contributed by atoms with Crippen LogP contribution in [0.15, 0.2) is 72.8 Å². The smallest absolute Gasteiger partial charge is 0.416 e. The zero-order valence-corrected chi connectivity index (χ0v) is 20.8. The molecule has 0 aliphatic carbocycles. The lowest BCUT2D eigenvalue weighted by Gasteiger charge is -2.23. The standard InChI is InChI=1S/C29H30F3N3O3/c30-29(31,32)23-8-4-7-22(13-23)16-34-24-15-25(35(18-24)17-21-5-2-1-3-6-21)28(36)33-12-11-20-9-10-26-27(14-20)38-19-37-26/h1-10,13-14,24-25,34H,11-12,15-19H2,(H,33,36)/t24-,25-/m0/s1. The zero-order chi connectivity index (χ0) is 26.5. The molecule has 2 N–H and O–H groups in total. The molecule has 0 bridgehead atoms. The van der Waals surface area contributed by atoms with Gasteiger partial charge in [-0.3, -0.25) is 9.69 Å². The van der Waals surface area contributed by atoms with Gasteiger partial charge in [-0.15, -0.1) is 0 Å². The van der Waals surface area contributed by atoms with Crippen LogP contribution in [-0.2, 0) is 30.5 Å². The molecule has 3 aromatic carbocycles. The zero-order valence-electron chi connectivity index (χ0n) is 20.8. The summed E-state index contributed by atoms with van der Waals surface area (Å²) in [7, 11) is 0. The predicted octanol–water partition coefficient (Wildman–Crippen LogP) is 4.53. The molecule has 1 saturated heterocycles. The first kappa shape index (κ1) is 26.1.